The zero-order valence-corrected chi connectivity index (χ0v) is 13.7. The summed E-state index contributed by atoms with van der Waals surface area (Å²) in [6.07, 6.45) is -0.985. The van der Waals surface area contributed by atoms with E-state index in [9.17, 15) is 9.90 Å². The minimum absolute atomic E-state index is 0.191. The molecule has 0 bridgehead atoms. The topological polar surface area (TPSA) is 87.7 Å². The standard InChI is InChI=1S/C17H21N3O4/c1-3-24-16-10-20(9-15(16)21)17(22)14-8-13(18-19-14)11-4-6-12(23-2)7-5-11/h4-8,15-16,21H,3,9-10H2,1-2H3,(H,18,19)/t15-,16-/m0/s1. The molecular formula is C17H21N3O4. The highest BCUT2D eigenvalue weighted by molar-refractivity contribution is 5.93. The SMILES string of the molecule is CCO[C@H]1CN(C(=O)c2cc(-c3ccc(OC)cc3)n[nH]2)C[C@@H]1O. The molecule has 0 aliphatic carbocycles. The van der Waals surface area contributed by atoms with E-state index in [0.717, 1.165) is 11.3 Å². The zero-order valence-electron chi connectivity index (χ0n) is 13.7. The van der Waals surface area contributed by atoms with Gasteiger partial charge in [0.25, 0.3) is 5.91 Å². The predicted octanol–water partition coefficient (Wildman–Crippen LogP) is 1.31. The summed E-state index contributed by atoms with van der Waals surface area (Å²) >= 11 is 0. The molecule has 2 aromatic rings. The van der Waals surface area contributed by atoms with Crippen molar-refractivity contribution in [1.29, 1.82) is 0 Å². The van der Waals surface area contributed by atoms with Gasteiger partial charge in [-0.3, -0.25) is 9.89 Å². The Morgan fingerprint density at radius 3 is 2.79 bits per heavy atom. The third kappa shape index (κ3) is 3.27. The van der Waals surface area contributed by atoms with Crippen molar-refractivity contribution in [3.05, 3.63) is 36.0 Å². The van der Waals surface area contributed by atoms with Gasteiger partial charge in [-0.05, 0) is 37.3 Å². The average Bonchev–Trinajstić information content (AvgIpc) is 3.22. The molecule has 7 nitrogen and oxygen atoms in total. The van der Waals surface area contributed by atoms with Crippen molar-refractivity contribution in [2.75, 3.05) is 26.8 Å². The monoisotopic (exact) mass is 331 g/mol. The number of aliphatic hydroxyl groups excluding tert-OH is 1. The van der Waals surface area contributed by atoms with Crippen molar-refractivity contribution in [3.8, 4) is 17.0 Å². The van der Waals surface area contributed by atoms with Gasteiger partial charge in [-0.2, -0.15) is 5.10 Å². The molecule has 2 heterocycles. The molecule has 0 unspecified atom stereocenters. The van der Waals surface area contributed by atoms with Crippen LogP contribution in [0, 0.1) is 0 Å². The van der Waals surface area contributed by atoms with Gasteiger partial charge in [0.1, 0.15) is 17.5 Å². The molecule has 1 saturated heterocycles. The molecule has 128 valence electrons. The maximum atomic E-state index is 12.6. The summed E-state index contributed by atoms with van der Waals surface area (Å²) in [7, 11) is 1.61. The molecule has 0 radical (unpaired) electrons. The highest BCUT2D eigenvalue weighted by Crippen LogP contribution is 2.22. The lowest BCUT2D eigenvalue weighted by Gasteiger charge is -2.14. The van der Waals surface area contributed by atoms with E-state index in [0.29, 0.717) is 24.5 Å². The summed E-state index contributed by atoms with van der Waals surface area (Å²) in [5.74, 6) is 0.571. The number of β-amino-alcohol motifs (C(OH)–C–C–N with tert-alkyl or cyclic N) is 1. The Kier molecular flexibility index (Phi) is 4.82. The molecule has 7 heteroatoms. The first kappa shape index (κ1) is 16.5. The number of aliphatic hydroxyl groups is 1. The minimum Gasteiger partial charge on any atom is -0.497 e. The van der Waals surface area contributed by atoms with Crippen LogP contribution in [0.1, 0.15) is 17.4 Å². The number of amides is 1. The molecule has 1 aromatic heterocycles. The largest absolute Gasteiger partial charge is 0.497 e. The Morgan fingerprint density at radius 2 is 2.12 bits per heavy atom. The third-order valence-corrected chi connectivity index (χ3v) is 4.10. The number of benzene rings is 1. The number of ether oxygens (including phenoxy) is 2. The van der Waals surface area contributed by atoms with E-state index in [1.165, 1.54) is 0 Å². The van der Waals surface area contributed by atoms with Crippen LogP contribution in [0.2, 0.25) is 0 Å². The number of aromatic amines is 1. The molecular weight excluding hydrogens is 310 g/mol. The van der Waals surface area contributed by atoms with Crippen LogP contribution in [0.5, 0.6) is 5.75 Å². The van der Waals surface area contributed by atoms with Gasteiger partial charge in [0, 0.05) is 25.3 Å². The Hall–Kier alpha value is -2.38. The smallest absolute Gasteiger partial charge is 0.272 e. The van der Waals surface area contributed by atoms with Crippen molar-refractivity contribution < 1.29 is 19.4 Å². The maximum absolute atomic E-state index is 12.6. The van der Waals surface area contributed by atoms with E-state index in [1.54, 1.807) is 18.1 Å². The quantitative estimate of drug-likeness (QED) is 0.862. The normalized spacial score (nSPS) is 20.4. The summed E-state index contributed by atoms with van der Waals surface area (Å²) in [4.78, 5) is 14.1. The molecule has 2 N–H and O–H groups in total. The lowest BCUT2D eigenvalue weighted by molar-refractivity contribution is -0.00237. The van der Waals surface area contributed by atoms with E-state index in [4.69, 9.17) is 9.47 Å². The number of hydrogen-bond acceptors (Lipinski definition) is 5. The van der Waals surface area contributed by atoms with Crippen LogP contribution in [0.25, 0.3) is 11.3 Å². The van der Waals surface area contributed by atoms with Gasteiger partial charge in [-0.25, -0.2) is 0 Å². The molecule has 2 atom stereocenters. The number of carbonyl (C=O) groups excluding carboxylic acids is 1. The fourth-order valence-electron chi connectivity index (χ4n) is 2.81. The van der Waals surface area contributed by atoms with E-state index in [1.807, 2.05) is 31.2 Å². The second kappa shape index (κ2) is 7.02. The molecule has 1 aliphatic heterocycles. The molecule has 1 aromatic carbocycles. The number of carbonyl (C=O) groups is 1. The van der Waals surface area contributed by atoms with E-state index >= 15 is 0 Å². The summed E-state index contributed by atoms with van der Waals surface area (Å²) in [5, 5.41) is 16.9. The van der Waals surface area contributed by atoms with Crippen LogP contribution in [0.4, 0.5) is 0 Å². The average molecular weight is 331 g/mol. The van der Waals surface area contributed by atoms with Gasteiger partial charge in [0.15, 0.2) is 0 Å². The predicted molar refractivity (Wildman–Crippen MR) is 87.9 cm³/mol. The highest BCUT2D eigenvalue weighted by Gasteiger charge is 2.35. The summed E-state index contributed by atoms with van der Waals surface area (Å²) in [5.41, 5.74) is 1.96. The summed E-state index contributed by atoms with van der Waals surface area (Å²) in [6, 6.07) is 9.16. The molecule has 0 saturated carbocycles. The van der Waals surface area contributed by atoms with Crippen molar-refractivity contribution in [2.24, 2.45) is 0 Å². The van der Waals surface area contributed by atoms with Crippen LogP contribution in [0.15, 0.2) is 30.3 Å². The molecule has 0 spiro atoms. The number of nitrogens with one attached hydrogen (secondary N) is 1. The van der Waals surface area contributed by atoms with Crippen LogP contribution >= 0.6 is 0 Å². The van der Waals surface area contributed by atoms with Crippen molar-refractivity contribution in [2.45, 2.75) is 19.1 Å². The molecule has 1 aliphatic rings. The number of likely N-dealkylation sites (tertiary alicyclic amines) is 1. The first-order valence-corrected chi connectivity index (χ1v) is 7.91. The van der Waals surface area contributed by atoms with Gasteiger partial charge in [0.2, 0.25) is 0 Å². The molecule has 1 amide bonds. The maximum Gasteiger partial charge on any atom is 0.272 e. The Morgan fingerprint density at radius 1 is 1.38 bits per heavy atom. The summed E-state index contributed by atoms with van der Waals surface area (Å²) in [6.45, 7) is 3.02. The zero-order chi connectivity index (χ0) is 17.1. The van der Waals surface area contributed by atoms with Crippen LogP contribution in [-0.4, -0.2) is 65.1 Å². The van der Waals surface area contributed by atoms with Crippen LogP contribution < -0.4 is 4.74 Å². The highest BCUT2D eigenvalue weighted by atomic mass is 16.5. The van der Waals surface area contributed by atoms with Crippen LogP contribution in [0.3, 0.4) is 0 Å². The number of hydrogen-bond donors (Lipinski definition) is 2. The Labute approximate surface area is 140 Å². The van der Waals surface area contributed by atoms with Gasteiger partial charge in [-0.15, -0.1) is 0 Å². The van der Waals surface area contributed by atoms with Gasteiger partial charge in [0.05, 0.1) is 18.9 Å². The molecule has 3 rings (SSSR count). The fourth-order valence-corrected chi connectivity index (χ4v) is 2.81. The van der Waals surface area contributed by atoms with Crippen molar-refractivity contribution in [1.82, 2.24) is 15.1 Å². The lowest BCUT2D eigenvalue weighted by atomic mass is 10.1. The lowest BCUT2D eigenvalue weighted by Crippen LogP contribution is -2.30. The van der Waals surface area contributed by atoms with Crippen molar-refractivity contribution >= 4 is 5.91 Å². The van der Waals surface area contributed by atoms with E-state index < -0.39 is 6.10 Å². The number of H-pyrrole nitrogens is 1. The number of rotatable bonds is 5. The number of nitrogens with zero attached hydrogens (tertiary/aromatic N) is 2. The Bertz CT molecular complexity index is 698. The summed E-state index contributed by atoms with van der Waals surface area (Å²) < 4.78 is 10.6. The first-order valence-electron chi connectivity index (χ1n) is 7.91. The molecule has 1 fully saturated rings. The number of aromatic nitrogens is 2. The van der Waals surface area contributed by atoms with Crippen molar-refractivity contribution in [3.63, 3.8) is 0 Å². The van der Waals surface area contributed by atoms with Crippen LogP contribution in [-0.2, 0) is 4.74 Å². The third-order valence-electron chi connectivity index (χ3n) is 4.10. The first-order chi connectivity index (χ1) is 11.6. The fraction of sp³-hybridized carbons (Fsp3) is 0.412. The minimum atomic E-state index is -0.655. The number of methoxy groups -OCH3 is 1. The van der Waals surface area contributed by atoms with E-state index in [-0.39, 0.29) is 18.6 Å². The van der Waals surface area contributed by atoms with E-state index in [2.05, 4.69) is 10.2 Å². The second-order valence-corrected chi connectivity index (χ2v) is 5.67. The molecule has 24 heavy (non-hydrogen) atoms. The Balaban J connectivity index is 1.72. The van der Waals surface area contributed by atoms with Gasteiger partial charge >= 0.3 is 0 Å². The second-order valence-electron chi connectivity index (χ2n) is 5.67. The van der Waals surface area contributed by atoms with Gasteiger partial charge < -0.3 is 19.5 Å². The van der Waals surface area contributed by atoms with Gasteiger partial charge in [-0.1, -0.05) is 0 Å².